The number of piperidine rings is 1. The Morgan fingerprint density at radius 1 is 0.968 bits per heavy atom. The molecule has 0 radical (unpaired) electrons. The molecule has 5 atom stereocenters. The Kier molecular flexibility index (Phi) is 11.8. The topological polar surface area (TPSA) is 184 Å². The quantitative estimate of drug-likeness (QED) is 0.114. The Morgan fingerprint density at radius 3 is 2.46 bits per heavy atom. The number of para-hydroxylation sites is 1. The number of benzene rings is 2. The van der Waals surface area contributed by atoms with Crippen molar-refractivity contribution in [3.05, 3.63) is 106 Å². The predicted molar refractivity (Wildman–Crippen MR) is 243 cm³/mol. The van der Waals surface area contributed by atoms with E-state index in [0.29, 0.717) is 52.6 Å². The van der Waals surface area contributed by atoms with E-state index in [1.54, 1.807) is 53.3 Å². The first kappa shape index (κ1) is 42.2. The highest BCUT2D eigenvalue weighted by Gasteiger charge is 2.43. The monoisotopic (exact) mass is 883 g/mol. The van der Waals surface area contributed by atoms with Crippen LogP contribution < -0.4 is 10.2 Å². The van der Waals surface area contributed by atoms with Crippen LogP contribution in [0.1, 0.15) is 72.9 Å². The molecule has 9 rings (SSSR count). The number of thiophene rings is 1. The maximum Gasteiger partial charge on any atom is 0.243 e. The molecule has 63 heavy (non-hydrogen) atoms. The van der Waals surface area contributed by atoms with Crippen molar-refractivity contribution in [3.8, 4) is 38.7 Å². The molecule has 2 aliphatic heterocycles. The van der Waals surface area contributed by atoms with E-state index < -0.39 is 18.1 Å². The number of aliphatic hydroxyl groups excluding tert-OH is 1. The lowest BCUT2D eigenvalue weighted by Crippen LogP contribution is -2.48. The molecular weight excluding hydrogens is 835 g/mol. The number of nitrogens with one attached hydrogen (secondary N) is 1. The van der Waals surface area contributed by atoms with Crippen molar-refractivity contribution in [2.45, 2.75) is 78.0 Å². The SMILES string of the molecule is Cc1ncsc1-c1ccc(CNC(=O)[C@@H]2C[C@@H](O)CN2C(=O)[C@@H](c2cc(-c3cnc(N4CCC(c5sc6nnc(-c7ccccc7O)cc6c5C)[C@@H](C)C4)nc3)no2)C(C)C)cc1. The molecule has 1 unspecified atom stereocenters. The number of carbonyl (C=O) groups is 2. The lowest BCUT2D eigenvalue weighted by atomic mass is 9.84. The summed E-state index contributed by atoms with van der Waals surface area (Å²) < 4.78 is 5.83. The molecule has 324 valence electrons. The van der Waals surface area contributed by atoms with Gasteiger partial charge in [0, 0.05) is 72.5 Å². The van der Waals surface area contributed by atoms with Gasteiger partial charge in [-0.15, -0.1) is 32.9 Å². The highest BCUT2D eigenvalue weighted by atomic mass is 32.1. The second kappa shape index (κ2) is 17.6. The van der Waals surface area contributed by atoms with Crippen LogP contribution in [0.15, 0.2) is 83.1 Å². The van der Waals surface area contributed by atoms with E-state index >= 15 is 0 Å². The normalized spacial score (nSPS) is 19.5. The number of hydrogen-bond acceptors (Lipinski definition) is 14. The molecule has 7 heterocycles. The van der Waals surface area contributed by atoms with Crippen molar-refractivity contribution in [3.63, 3.8) is 0 Å². The summed E-state index contributed by atoms with van der Waals surface area (Å²) >= 11 is 3.29. The zero-order valence-corrected chi connectivity index (χ0v) is 37.4. The molecule has 0 bridgehead atoms. The standard InChI is InChI=1S/C47H49N9O5S2/c1-25(2)41(46(60)56-23-32(57)16-38(56)44(59)48-19-29-10-12-30(13-11-29)43-28(5)51-24-62-43)40-18-36(54-61-40)31-20-49-47(50-21-31)55-15-14-33(26(3)22-55)42-27(4)35-17-37(52-53-45(35)63-42)34-8-6-7-9-39(34)58/h6-13,17-18,20-21,24-26,32-33,38,41,57-58H,14-16,19,22-23H2,1-5H3,(H,48,59)/t26-,32+,33?,38-,41+/m0/s1. The number of phenols is 1. The molecule has 0 saturated carbocycles. The van der Waals surface area contributed by atoms with Gasteiger partial charge in [0.25, 0.3) is 0 Å². The molecule has 5 aromatic heterocycles. The summed E-state index contributed by atoms with van der Waals surface area (Å²) in [6.07, 6.45) is 3.71. The van der Waals surface area contributed by atoms with Gasteiger partial charge in [0.15, 0.2) is 0 Å². The summed E-state index contributed by atoms with van der Waals surface area (Å²) in [5.74, 6) is 0.327. The summed E-state index contributed by atoms with van der Waals surface area (Å²) in [4.78, 5) is 48.6. The van der Waals surface area contributed by atoms with Crippen LogP contribution in [0.2, 0.25) is 0 Å². The Balaban J connectivity index is 0.836. The molecule has 7 aromatic rings. The van der Waals surface area contributed by atoms with Crippen molar-refractivity contribution in [1.82, 2.24) is 40.5 Å². The van der Waals surface area contributed by atoms with Crippen LogP contribution >= 0.6 is 22.7 Å². The molecule has 14 nitrogen and oxygen atoms in total. The number of likely N-dealkylation sites (tertiary alicyclic amines) is 1. The molecule has 0 aliphatic carbocycles. The van der Waals surface area contributed by atoms with Crippen LogP contribution in [-0.2, 0) is 16.1 Å². The van der Waals surface area contributed by atoms with Gasteiger partial charge in [0.2, 0.25) is 17.8 Å². The average molecular weight is 884 g/mol. The molecule has 3 N–H and O–H groups in total. The van der Waals surface area contributed by atoms with Crippen LogP contribution in [0.3, 0.4) is 0 Å². The molecule has 0 spiro atoms. The molecule has 2 fully saturated rings. The zero-order valence-electron chi connectivity index (χ0n) is 35.7. The lowest BCUT2D eigenvalue weighted by Gasteiger charge is -2.37. The number of aliphatic hydroxyl groups is 1. The second-order valence-corrected chi connectivity index (χ2v) is 18.9. The third kappa shape index (κ3) is 8.42. The number of aryl methyl sites for hydroxylation is 2. The number of amides is 2. The average Bonchev–Trinajstić information content (AvgIpc) is 4.10. The van der Waals surface area contributed by atoms with Gasteiger partial charge in [-0.05, 0) is 72.9 Å². The van der Waals surface area contributed by atoms with Gasteiger partial charge in [-0.25, -0.2) is 15.0 Å². The van der Waals surface area contributed by atoms with Crippen molar-refractivity contribution < 1.29 is 24.3 Å². The molecule has 2 aromatic carbocycles. The first-order chi connectivity index (χ1) is 30.4. The van der Waals surface area contributed by atoms with Gasteiger partial charge in [0.05, 0.1) is 27.9 Å². The van der Waals surface area contributed by atoms with Crippen LogP contribution in [0, 0.1) is 25.7 Å². The fraction of sp³-hybridized carbons (Fsp3) is 0.362. The molecule has 2 saturated heterocycles. The molecule has 16 heteroatoms. The summed E-state index contributed by atoms with van der Waals surface area (Å²) in [5.41, 5.74) is 8.48. The number of β-amino-alcohol motifs (C(OH)–C–C–N with tert-alkyl or cyclic N) is 1. The highest BCUT2D eigenvalue weighted by Crippen LogP contribution is 2.43. The second-order valence-electron chi connectivity index (χ2n) is 17.1. The minimum atomic E-state index is -0.824. The smallest absolute Gasteiger partial charge is 0.243 e. The first-order valence-electron chi connectivity index (χ1n) is 21.3. The third-order valence-electron chi connectivity index (χ3n) is 12.4. The number of carbonyl (C=O) groups excluding carboxylic acids is 2. The Hall–Kier alpha value is -6.10. The molecule has 2 aliphatic rings. The van der Waals surface area contributed by atoms with Gasteiger partial charge in [-0.1, -0.05) is 62.3 Å². The Labute approximate surface area is 373 Å². The Bertz CT molecular complexity index is 2770. The number of hydrogen-bond donors (Lipinski definition) is 3. The number of nitrogens with zero attached hydrogens (tertiary/aromatic N) is 8. The summed E-state index contributed by atoms with van der Waals surface area (Å²) in [7, 11) is 0. The first-order valence-corrected chi connectivity index (χ1v) is 23.0. The summed E-state index contributed by atoms with van der Waals surface area (Å²) in [5, 5.41) is 38.4. The number of aromatic nitrogens is 6. The fourth-order valence-electron chi connectivity index (χ4n) is 9.00. The van der Waals surface area contributed by atoms with E-state index in [4.69, 9.17) is 14.5 Å². The largest absolute Gasteiger partial charge is 0.507 e. The Morgan fingerprint density at radius 2 is 1.75 bits per heavy atom. The molecular formula is C47H49N9O5S2. The minimum Gasteiger partial charge on any atom is -0.507 e. The number of fused-ring (bicyclic) bond motifs is 1. The minimum absolute atomic E-state index is 0.0509. The number of phenolic OH excluding ortho intramolecular Hbond substituents is 1. The van der Waals surface area contributed by atoms with Crippen LogP contribution in [0.4, 0.5) is 5.95 Å². The fourth-order valence-corrected chi connectivity index (χ4v) is 11.2. The van der Waals surface area contributed by atoms with E-state index in [1.165, 1.54) is 15.3 Å². The van der Waals surface area contributed by atoms with Crippen molar-refractivity contribution in [2.24, 2.45) is 11.8 Å². The van der Waals surface area contributed by atoms with Crippen LogP contribution in [-0.4, -0.2) is 89.0 Å². The van der Waals surface area contributed by atoms with E-state index in [1.807, 2.05) is 68.7 Å². The van der Waals surface area contributed by atoms with Gasteiger partial charge >= 0.3 is 0 Å². The highest BCUT2D eigenvalue weighted by molar-refractivity contribution is 7.19. The van der Waals surface area contributed by atoms with Crippen molar-refractivity contribution in [1.29, 1.82) is 0 Å². The summed E-state index contributed by atoms with van der Waals surface area (Å²) in [6, 6.07) is 18.1. The van der Waals surface area contributed by atoms with E-state index in [0.717, 1.165) is 51.4 Å². The van der Waals surface area contributed by atoms with E-state index in [2.05, 4.69) is 44.4 Å². The maximum absolute atomic E-state index is 14.2. The van der Waals surface area contributed by atoms with Crippen molar-refractivity contribution >= 4 is 50.7 Å². The van der Waals surface area contributed by atoms with E-state index in [-0.39, 0.29) is 36.4 Å². The zero-order chi connectivity index (χ0) is 43.9. The summed E-state index contributed by atoms with van der Waals surface area (Å²) in [6.45, 7) is 12.2. The van der Waals surface area contributed by atoms with Gasteiger partial charge in [-0.2, -0.15) is 0 Å². The number of aromatic hydroxyl groups is 1. The van der Waals surface area contributed by atoms with E-state index in [9.17, 15) is 19.8 Å². The van der Waals surface area contributed by atoms with Crippen LogP contribution in [0.25, 0.3) is 43.2 Å². The number of anilines is 1. The van der Waals surface area contributed by atoms with Gasteiger partial charge in [0.1, 0.15) is 34.0 Å². The number of rotatable bonds is 11. The predicted octanol–water partition coefficient (Wildman–Crippen LogP) is 7.90. The lowest BCUT2D eigenvalue weighted by molar-refractivity contribution is -0.141. The molecule has 2 amide bonds. The van der Waals surface area contributed by atoms with Crippen molar-refractivity contribution in [2.75, 3.05) is 24.5 Å². The maximum atomic E-state index is 14.2. The third-order valence-corrected chi connectivity index (χ3v) is 14.7. The van der Waals surface area contributed by atoms with Crippen LogP contribution in [0.5, 0.6) is 5.75 Å². The van der Waals surface area contributed by atoms with Gasteiger partial charge in [-0.3, -0.25) is 9.59 Å². The van der Waals surface area contributed by atoms with Gasteiger partial charge < -0.3 is 29.9 Å². The number of thiazole rings is 1.